The molecule has 0 aromatic carbocycles. The average molecular weight is 203 g/mol. The lowest BCUT2D eigenvalue weighted by atomic mass is 10.2. The molecule has 0 aromatic heterocycles. The van der Waals surface area contributed by atoms with Crippen LogP contribution in [0.2, 0.25) is 0 Å². The number of carbonyl (C=O) groups excluding carboxylic acids is 1. The molecule has 3 heteroatoms. The minimum atomic E-state index is -0.606. The Morgan fingerprint density at radius 1 is 1.36 bits per heavy atom. The normalized spacial score (nSPS) is 14.6. The van der Waals surface area contributed by atoms with Crippen molar-refractivity contribution in [2.24, 2.45) is 11.7 Å². The van der Waals surface area contributed by atoms with Crippen LogP contribution in [0.4, 0.5) is 4.39 Å². The molecule has 1 amide bonds. The van der Waals surface area contributed by atoms with E-state index >= 15 is 0 Å². The highest BCUT2D eigenvalue weighted by Crippen LogP contribution is 2.25. The minimum Gasteiger partial charge on any atom is -0.366 e. The van der Waals surface area contributed by atoms with Crippen molar-refractivity contribution >= 4 is 5.91 Å². The van der Waals surface area contributed by atoms with Gasteiger partial charge in [-0.3, -0.25) is 4.79 Å². The fourth-order valence-corrected chi connectivity index (χ4v) is 0.964. The molecular formula is C11H22FNO. The summed E-state index contributed by atoms with van der Waals surface area (Å²) in [6.07, 6.45) is 1.63. The molecule has 0 saturated heterocycles. The molecule has 0 fully saturated rings. The summed E-state index contributed by atoms with van der Waals surface area (Å²) >= 11 is 0. The van der Waals surface area contributed by atoms with E-state index in [2.05, 4.69) is 20.8 Å². The molecule has 0 aromatic rings. The molecule has 84 valence electrons. The van der Waals surface area contributed by atoms with Crippen LogP contribution in [0.25, 0.3) is 0 Å². The maximum Gasteiger partial charge on any atom is 0.247 e. The van der Waals surface area contributed by atoms with Crippen LogP contribution < -0.4 is 5.73 Å². The minimum absolute atomic E-state index is 0. The molecule has 0 spiro atoms. The highest BCUT2D eigenvalue weighted by molar-refractivity contribution is 5.92. The Bertz CT molecular complexity index is 207. The molecule has 0 aliphatic heterocycles. The van der Waals surface area contributed by atoms with Crippen molar-refractivity contribution in [2.75, 3.05) is 0 Å². The van der Waals surface area contributed by atoms with Crippen molar-refractivity contribution < 1.29 is 9.18 Å². The fraction of sp³-hybridized carbons (Fsp3) is 0.727. The van der Waals surface area contributed by atoms with Gasteiger partial charge in [0, 0.05) is 5.57 Å². The van der Waals surface area contributed by atoms with Gasteiger partial charge in [0.15, 0.2) is 0 Å². The van der Waals surface area contributed by atoms with Crippen molar-refractivity contribution in [3.8, 4) is 0 Å². The molecule has 0 unspecified atom stereocenters. The number of hydrogen-bond donors (Lipinski definition) is 1. The summed E-state index contributed by atoms with van der Waals surface area (Å²) in [4.78, 5) is 10.3. The van der Waals surface area contributed by atoms with Gasteiger partial charge in [-0.05, 0) is 25.2 Å². The zero-order valence-electron chi connectivity index (χ0n) is 8.56. The molecule has 0 radical (unpaired) electrons. The molecule has 1 rings (SSSR count). The Labute approximate surface area is 86.4 Å². The van der Waals surface area contributed by atoms with E-state index in [4.69, 9.17) is 5.73 Å². The van der Waals surface area contributed by atoms with Crippen molar-refractivity contribution in [1.82, 2.24) is 0 Å². The van der Waals surface area contributed by atoms with Gasteiger partial charge in [0.25, 0.3) is 0 Å². The van der Waals surface area contributed by atoms with Gasteiger partial charge in [-0.15, -0.1) is 0 Å². The summed E-state index contributed by atoms with van der Waals surface area (Å²) in [7, 11) is 0. The number of amides is 1. The molecule has 0 atom stereocenters. The number of allylic oxidation sites excluding steroid dienone is 1. The topological polar surface area (TPSA) is 43.1 Å². The van der Waals surface area contributed by atoms with Gasteiger partial charge in [0.1, 0.15) is 5.83 Å². The number of hydrogen-bond acceptors (Lipinski definition) is 1. The lowest BCUT2D eigenvalue weighted by Gasteiger charge is -1.90. The van der Waals surface area contributed by atoms with Crippen LogP contribution >= 0.6 is 0 Å². The van der Waals surface area contributed by atoms with Crippen LogP contribution in [-0.2, 0) is 4.79 Å². The average Bonchev–Trinajstić information content (AvgIpc) is 2.33. The van der Waals surface area contributed by atoms with Gasteiger partial charge in [-0.25, -0.2) is 4.39 Å². The van der Waals surface area contributed by atoms with E-state index in [1.165, 1.54) is 0 Å². The summed E-state index contributed by atoms with van der Waals surface area (Å²) in [5.74, 6) is -0.0903. The first kappa shape index (κ1) is 15.6. The number of carbonyl (C=O) groups is 1. The SMILES string of the molecule is C.CC(C)C.NC(=O)C1=C(F)CCC1. The van der Waals surface area contributed by atoms with Crippen molar-refractivity contribution in [1.29, 1.82) is 0 Å². The summed E-state index contributed by atoms with van der Waals surface area (Å²) in [5, 5.41) is 0. The van der Waals surface area contributed by atoms with Crippen molar-refractivity contribution in [2.45, 2.75) is 47.5 Å². The van der Waals surface area contributed by atoms with Crippen LogP contribution in [0.3, 0.4) is 0 Å². The first-order valence-corrected chi connectivity index (χ1v) is 4.62. The quantitative estimate of drug-likeness (QED) is 0.698. The van der Waals surface area contributed by atoms with E-state index in [0.717, 1.165) is 12.3 Å². The predicted octanol–water partition coefficient (Wildman–Crippen LogP) is 3.18. The smallest absolute Gasteiger partial charge is 0.247 e. The van der Waals surface area contributed by atoms with Gasteiger partial charge in [0.2, 0.25) is 5.91 Å². The third-order valence-corrected chi connectivity index (χ3v) is 1.45. The summed E-state index contributed by atoms with van der Waals surface area (Å²) in [5.41, 5.74) is 5.04. The first-order valence-electron chi connectivity index (χ1n) is 4.62. The Morgan fingerprint density at radius 2 is 1.79 bits per heavy atom. The number of rotatable bonds is 1. The number of halogens is 1. The van der Waals surface area contributed by atoms with Gasteiger partial charge in [0.05, 0.1) is 0 Å². The molecule has 0 saturated carbocycles. The van der Waals surface area contributed by atoms with E-state index in [9.17, 15) is 9.18 Å². The van der Waals surface area contributed by atoms with Gasteiger partial charge in [-0.2, -0.15) is 0 Å². The van der Waals surface area contributed by atoms with Crippen LogP contribution in [0.15, 0.2) is 11.4 Å². The largest absolute Gasteiger partial charge is 0.366 e. The lowest BCUT2D eigenvalue weighted by molar-refractivity contribution is -0.114. The lowest BCUT2D eigenvalue weighted by Crippen LogP contribution is -2.12. The number of primary amides is 1. The molecule has 2 N–H and O–H groups in total. The molecule has 2 nitrogen and oxygen atoms in total. The van der Waals surface area contributed by atoms with Gasteiger partial charge < -0.3 is 5.73 Å². The van der Waals surface area contributed by atoms with E-state index < -0.39 is 5.91 Å². The third kappa shape index (κ3) is 6.63. The molecular weight excluding hydrogens is 181 g/mol. The molecule has 0 heterocycles. The Balaban J connectivity index is 0. The zero-order valence-corrected chi connectivity index (χ0v) is 8.56. The zero-order chi connectivity index (χ0) is 10.4. The molecule has 14 heavy (non-hydrogen) atoms. The van der Waals surface area contributed by atoms with E-state index in [-0.39, 0.29) is 18.8 Å². The second-order valence-electron chi connectivity index (χ2n) is 3.83. The van der Waals surface area contributed by atoms with E-state index in [1.54, 1.807) is 0 Å². The highest BCUT2D eigenvalue weighted by atomic mass is 19.1. The Kier molecular flexibility index (Phi) is 8.40. The summed E-state index contributed by atoms with van der Waals surface area (Å²) in [6.45, 7) is 6.50. The van der Waals surface area contributed by atoms with E-state index in [0.29, 0.717) is 12.8 Å². The first-order chi connectivity index (χ1) is 5.95. The van der Waals surface area contributed by atoms with Crippen molar-refractivity contribution in [3.63, 3.8) is 0 Å². The maximum absolute atomic E-state index is 12.4. The van der Waals surface area contributed by atoms with E-state index in [1.807, 2.05) is 0 Å². The second kappa shape index (κ2) is 7.54. The van der Waals surface area contributed by atoms with Crippen LogP contribution in [0.1, 0.15) is 47.5 Å². The summed E-state index contributed by atoms with van der Waals surface area (Å²) in [6, 6.07) is 0. The van der Waals surface area contributed by atoms with Crippen LogP contribution in [-0.4, -0.2) is 5.91 Å². The maximum atomic E-state index is 12.4. The third-order valence-electron chi connectivity index (χ3n) is 1.45. The predicted molar refractivity (Wildman–Crippen MR) is 58.4 cm³/mol. The molecule has 1 aliphatic rings. The Morgan fingerprint density at radius 3 is 1.93 bits per heavy atom. The van der Waals surface area contributed by atoms with Crippen molar-refractivity contribution in [3.05, 3.63) is 11.4 Å². The molecule has 1 aliphatic carbocycles. The van der Waals surface area contributed by atoms with Crippen LogP contribution in [0.5, 0.6) is 0 Å². The monoisotopic (exact) mass is 203 g/mol. The fourth-order valence-electron chi connectivity index (χ4n) is 0.964. The Hall–Kier alpha value is -0.860. The van der Waals surface area contributed by atoms with Gasteiger partial charge in [-0.1, -0.05) is 28.2 Å². The number of nitrogens with two attached hydrogens (primary N) is 1. The second-order valence-corrected chi connectivity index (χ2v) is 3.83. The van der Waals surface area contributed by atoms with Gasteiger partial charge >= 0.3 is 0 Å². The standard InChI is InChI=1S/C6H8FNO.C4H10.CH4/c7-5-3-1-2-4(5)6(8)9;1-4(2)3;/h1-3H2,(H2,8,9);4H,1-3H3;1H4. The summed E-state index contributed by atoms with van der Waals surface area (Å²) < 4.78 is 12.4. The van der Waals surface area contributed by atoms with Crippen LogP contribution in [0, 0.1) is 5.92 Å². The molecule has 0 bridgehead atoms. The highest BCUT2D eigenvalue weighted by Gasteiger charge is 2.17.